The monoisotopic (exact) mass is 355 g/mol. The van der Waals surface area contributed by atoms with Gasteiger partial charge in [-0.15, -0.1) is 0 Å². The molecule has 0 spiro atoms. The number of methoxy groups -OCH3 is 1. The molecule has 0 aromatic heterocycles. The summed E-state index contributed by atoms with van der Waals surface area (Å²) < 4.78 is 24.1. The Bertz CT molecular complexity index is 678. The van der Waals surface area contributed by atoms with Crippen molar-refractivity contribution in [1.29, 1.82) is 0 Å². The van der Waals surface area contributed by atoms with Crippen LogP contribution in [0.4, 0.5) is 10.1 Å². The van der Waals surface area contributed by atoms with Gasteiger partial charge in [-0.1, -0.05) is 22.0 Å². The van der Waals surface area contributed by atoms with Gasteiger partial charge in [0.15, 0.2) is 0 Å². The molecular formula is C14H11BrFNO4. The predicted molar refractivity (Wildman–Crippen MR) is 78.8 cm³/mol. The lowest BCUT2D eigenvalue weighted by molar-refractivity contribution is -0.385. The molecule has 21 heavy (non-hydrogen) atoms. The van der Waals surface area contributed by atoms with E-state index in [0.29, 0.717) is 11.3 Å². The Morgan fingerprint density at radius 2 is 2.05 bits per heavy atom. The van der Waals surface area contributed by atoms with E-state index < -0.39 is 10.7 Å². The Hall–Kier alpha value is -2.15. The zero-order valence-corrected chi connectivity index (χ0v) is 12.6. The highest BCUT2D eigenvalue weighted by molar-refractivity contribution is 9.08. The van der Waals surface area contributed by atoms with Gasteiger partial charge in [-0.3, -0.25) is 10.1 Å². The van der Waals surface area contributed by atoms with Crippen molar-refractivity contribution in [3.8, 4) is 17.2 Å². The third-order valence-electron chi connectivity index (χ3n) is 2.79. The van der Waals surface area contributed by atoms with Crippen molar-refractivity contribution in [2.45, 2.75) is 5.33 Å². The summed E-state index contributed by atoms with van der Waals surface area (Å²) in [6.45, 7) is 0. The topological polar surface area (TPSA) is 61.6 Å². The number of nitro benzene ring substituents is 1. The number of rotatable bonds is 5. The zero-order valence-electron chi connectivity index (χ0n) is 11.0. The Morgan fingerprint density at radius 1 is 1.29 bits per heavy atom. The Morgan fingerprint density at radius 3 is 2.67 bits per heavy atom. The molecule has 7 heteroatoms. The number of benzene rings is 2. The van der Waals surface area contributed by atoms with Crippen LogP contribution in [-0.4, -0.2) is 12.0 Å². The van der Waals surface area contributed by atoms with Gasteiger partial charge in [0.2, 0.25) is 5.75 Å². The van der Waals surface area contributed by atoms with Gasteiger partial charge in [-0.25, -0.2) is 4.39 Å². The molecule has 5 nitrogen and oxygen atoms in total. The molecule has 0 heterocycles. The van der Waals surface area contributed by atoms with Gasteiger partial charge in [-0.05, 0) is 24.3 Å². The van der Waals surface area contributed by atoms with Crippen molar-refractivity contribution in [3.63, 3.8) is 0 Å². The van der Waals surface area contributed by atoms with Crippen LogP contribution in [0.3, 0.4) is 0 Å². The molecule has 0 aliphatic carbocycles. The van der Waals surface area contributed by atoms with E-state index in [1.54, 1.807) is 6.07 Å². The maximum atomic E-state index is 13.7. The fraction of sp³-hybridized carbons (Fsp3) is 0.143. The van der Waals surface area contributed by atoms with E-state index in [9.17, 15) is 14.5 Å². The second kappa shape index (κ2) is 6.53. The van der Waals surface area contributed by atoms with Gasteiger partial charge < -0.3 is 9.47 Å². The summed E-state index contributed by atoms with van der Waals surface area (Å²) >= 11 is 3.17. The summed E-state index contributed by atoms with van der Waals surface area (Å²) in [5, 5.41) is 11.3. The average molecular weight is 356 g/mol. The van der Waals surface area contributed by atoms with Crippen LogP contribution in [0.25, 0.3) is 0 Å². The van der Waals surface area contributed by atoms with Crippen molar-refractivity contribution < 1.29 is 18.8 Å². The number of ether oxygens (including phenoxy) is 2. The fourth-order valence-electron chi connectivity index (χ4n) is 1.74. The van der Waals surface area contributed by atoms with E-state index in [1.165, 1.54) is 37.4 Å². The predicted octanol–water partition coefficient (Wildman–Crippen LogP) is 4.43. The minimum absolute atomic E-state index is 0.0219. The molecule has 0 fully saturated rings. The molecule has 0 saturated carbocycles. The van der Waals surface area contributed by atoms with Gasteiger partial charge >= 0.3 is 5.69 Å². The minimum atomic E-state index is -0.578. The third kappa shape index (κ3) is 3.30. The van der Waals surface area contributed by atoms with Crippen molar-refractivity contribution >= 4 is 21.6 Å². The van der Waals surface area contributed by atoms with Gasteiger partial charge in [0, 0.05) is 10.9 Å². The maximum Gasteiger partial charge on any atom is 0.315 e. The summed E-state index contributed by atoms with van der Waals surface area (Å²) in [6.07, 6.45) is 0. The van der Waals surface area contributed by atoms with Crippen LogP contribution in [0.1, 0.15) is 5.56 Å². The van der Waals surface area contributed by atoms with Crippen molar-refractivity contribution in [1.82, 2.24) is 0 Å². The molecule has 2 aromatic carbocycles. The average Bonchev–Trinajstić information content (AvgIpc) is 2.47. The highest BCUT2D eigenvalue weighted by Gasteiger charge is 2.19. The number of hydrogen-bond donors (Lipinski definition) is 0. The van der Waals surface area contributed by atoms with E-state index in [4.69, 9.17) is 9.47 Å². The highest BCUT2D eigenvalue weighted by Crippen LogP contribution is 2.36. The Balaban J connectivity index is 2.44. The molecule has 0 unspecified atom stereocenters. The summed E-state index contributed by atoms with van der Waals surface area (Å²) in [4.78, 5) is 10.5. The minimum Gasteiger partial charge on any atom is -0.496 e. The van der Waals surface area contributed by atoms with E-state index in [1.807, 2.05) is 0 Å². The van der Waals surface area contributed by atoms with Crippen molar-refractivity contribution in [2.75, 3.05) is 7.11 Å². The summed E-state index contributed by atoms with van der Waals surface area (Å²) in [5.41, 5.74) is 0.0433. The fourth-order valence-corrected chi connectivity index (χ4v) is 2.28. The summed E-state index contributed by atoms with van der Waals surface area (Å²) in [5.74, 6) is 0.142. The first-order valence-corrected chi connectivity index (χ1v) is 7.02. The van der Waals surface area contributed by atoms with E-state index in [0.717, 1.165) is 0 Å². The van der Waals surface area contributed by atoms with Crippen LogP contribution in [0.15, 0.2) is 36.4 Å². The molecule has 0 saturated heterocycles. The van der Waals surface area contributed by atoms with Crippen LogP contribution in [0.2, 0.25) is 0 Å². The Labute approximate surface area is 128 Å². The summed E-state index contributed by atoms with van der Waals surface area (Å²) in [6, 6.07) is 8.53. The molecule has 0 amide bonds. The maximum absolute atomic E-state index is 13.7. The van der Waals surface area contributed by atoms with Crippen molar-refractivity contribution in [2.24, 2.45) is 0 Å². The summed E-state index contributed by atoms with van der Waals surface area (Å²) in [7, 11) is 1.41. The highest BCUT2D eigenvalue weighted by atomic mass is 79.9. The van der Waals surface area contributed by atoms with E-state index >= 15 is 0 Å². The van der Waals surface area contributed by atoms with Gasteiger partial charge in [0.1, 0.15) is 17.3 Å². The molecule has 0 atom stereocenters. The van der Waals surface area contributed by atoms with Crippen molar-refractivity contribution in [3.05, 3.63) is 57.9 Å². The molecule has 0 N–H and O–H groups in total. The molecule has 110 valence electrons. The standard InChI is InChI=1S/C14H11BrFNO4/c1-20-9-5-6-14(12(7-9)17(18)19)21-13-4-2-3-11(16)10(13)8-15/h2-7H,8H2,1H3. The molecule has 0 aliphatic heterocycles. The van der Waals surface area contributed by atoms with Crippen LogP contribution in [0.5, 0.6) is 17.2 Å². The Kier molecular flexibility index (Phi) is 4.74. The second-order valence-electron chi connectivity index (χ2n) is 4.04. The van der Waals surface area contributed by atoms with Gasteiger partial charge in [0.05, 0.1) is 18.1 Å². The molecule has 0 radical (unpaired) electrons. The second-order valence-corrected chi connectivity index (χ2v) is 4.60. The number of halogens is 2. The smallest absolute Gasteiger partial charge is 0.315 e. The molecule has 2 rings (SSSR count). The lowest BCUT2D eigenvalue weighted by Crippen LogP contribution is -1.97. The lowest BCUT2D eigenvalue weighted by atomic mass is 10.2. The number of hydrogen-bond acceptors (Lipinski definition) is 4. The van der Waals surface area contributed by atoms with Crippen LogP contribution >= 0.6 is 15.9 Å². The quantitative estimate of drug-likeness (QED) is 0.452. The molecular weight excluding hydrogens is 345 g/mol. The SMILES string of the molecule is COc1ccc(Oc2cccc(F)c2CBr)c([N+](=O)[O-])c1. The first-order valence-electron chi connectivity index (χ1n) is 5.90. The number of nitro groups is 1. The van der Waals surface area contributed by atoms with E-state index in [2.05, 4.69) is 15.9 Å². The van der Waals surface area contributed by atoms with Gasteiger partial charge in [-0.2, -0.15) is 0 Å². The normalized spacial score (nSPS) is 10.2. The first-order chi connectivity index (χ1) is 10.1. The molecule has 0 aliphatic rings. The molecule has 2 aromatic rings. The lowest BCUT2D eigenvalue weighted by Gasteiger charge is -2.11. The molecule has 0 bridgehead atoms. The number of alkyl halides is 1. The zero-order chi connectivity index (χ0) is 15.4. The first kappa shape index (κ1) is 15.2. The van der Waals surface area contributed by atoms with E-state index in [-0.39, 0.29) is 22.5 Å². The van der Waals surface area contributed by atoms with Crippen LogP contribution < -0.4 is 9.47 Å². The largest absolute Gasteiger partial charge is 0.496 e. The van der Waals surface area contributed by atoms with Crippen LogP contribution in [0, 0.1) is 15.9 Å². The third-order valence-corrected chi connectivity index (χ3v) is 3.35. The van der Waals surface area contributed by atoms with Gasteiger partial charge in [0.25, 0.3) is 0 Å². The number of nitrogens with zero attached hydrogens (tertiary/aromatic N) is 1. The van der Waals surface area contributed by atoms with Crippen LogP contribution in [-0.2, 0) is 5.33 Å².